The van der Waals surface area contributed by atoms with Crippen LogP contribution in [0.15, 0.2) is 73.4 Å². The van der Waals surface area contributed by atoms with E-state index < -0.39 is 65.0 Å². The maximum atomic E-state index is 14.7. The SMILES string of the molecule is C=CC(=O)N1C[C@H](C#N)[C@H](C(=O)N(C)C(C(=O)N[C@H]2Cc3cccc(c3)-c3ccc4c(c3)c(c(-c3cccnc3[C@H](C)OC)n4CC)CC(C)(C)COC(=O)[C@@H]3CCCN(N3)C2=O)C(C)C)C1. The van der Waals surface area contributed by atoms with E-state index in [1.165, 1.54) is 21.9 Å². The number of nitrogens with one attached hydrogen (secondary N) is 2. The number of hydrogen-bond acceptors (Lipinski definition) is 10. The highest BCUT2D eigenvalue weighted by Crippen LogP contribution is 2.42. The summed E-state index contributed by atoms with van der Waals surface area (Å²) in [5, 5.41) is 15.4. The summed E-state index contributed by atoms with van der Waals surface area (Å²) in [6.07, 6.45) is 4.32. The number of likely N-dealkylation sites (N-methyl/N-ethyl adjacent to an activating group) is 1. The highest BCUT2D eigenvalue weighted by atomic mass is 16.5. The number of ether oxygens (including phenoxy) is 2. The maximum Gasteiger partial charge on any atom is 0.324 e. The molecule has 1 unspecified atom stereocenters. The first-order chi connectivity index (χ1) is 32.0. The molecule has 15 nitrogen and oxygen atoms in total. The molecule has 0 saturated carbocycles. The quantitative estimate of drug-likeness (QED) is 0.141. The largest absolute Gasteiger partial charge is 0.464 e. The number of amides is 4. The molecule has 0 spiro atoms. The van der Waals surface area contributed by atoms with Crippen LogP contribution in [-0.4, -0.2) is 112 Å². The minimum absolute atomic E-state index is 0.0246. The van der Waals surface area contributed by atoms with Crippen LogP contribution in [0.1, 0.15) is 77.3 Å². The van der Waals surface area contributed by atoms with Crippen LogP contribution in [0.2, 0.25) is 0 Å². The molecule has 6 atom stereocenters. The number of fused-ring (bicyclic) bond motifs is 6. The summed E-state index contributed by atoms with van der Waals surface area (Å²) >= 11 is 0. The van der Waals surface area contributed by atoms with Crippen LogP contribution in [0, 0.1) is 34.5 Å². The van der Waals surface area contributed by atoms with Gasteiger partial charge in [-0.2, -0.15) is 5.26 Å². The smallest absolute Gasteiger partial charge is 0.324 e. The molecule has 2 aromatic carbocycles. The molecule has 15 heteroatoms. The van der Waals surface area contributed by atoms with E-state index in [1.54, 1.807) is 13.3 Å². The lowest BCUT2D eigenvalue weighted by Crippen LogP contribution is -2.62. The average Bonchev–Trinajstić information content (AvgIpc) is 3.90. The second-order valence-corrected chi connectivity index (χ2v) is 19.3. The van der Waals surface area contributed by atoms with Crippen molar-refractivity contribution in [1.82, 2.24) is 35.1 Å². The summed E-state index contributed by atoms with van der Waals surface area (Å²) in [6, 6.07) is 17.7. The number of esters is 1. The van der Waals surface area contributed by atoms with Crippen molar-refractivity contribution in [3.63, 3.8) is 0 Å². The third-order valence-electron chi connectivity index (χ3n) is 13.6. The lowest BCUT2D eigenvalue weighted by Gasteiger charge is -2.37. The molecule has 2 fully saturated rings. The van der Waals surface area contributed by atoms with Crippen molar-refractivity contribution in [2.45, 2.75) is 98.0 Å². The Morgan fingerprint density at radius 1 is 1.10 bits per heavy atom. The molecule has 6 bridgehead atoms. The first-order valence-electron chi connectivity index (χ1n) is 23.3. The van der Waals surface area contributed by atoms with Crippen molar-refractivity contribution < 1.29 is 33.4 Å². The van der Waals surface area contributed by atoms with Crippen molar-refractivity contribution in [1.29, 1.82) is 5.26 Å². The number of carbonyl (C=O) groups is 5. The normalized spacial score (nSPS) is 21.8. The number of aryl methyl sites for hydroxylation is 1. The van der Waals surface area contributed by atoms with Crippen molar-refractivity contribution in [3.8, 4) is 28.5 Å². The Morgan fingerprint density at radius 3 is 2.57 bits per heavy atom. The van der Waals surface area contributed by atoms with Gasteiger partial charge in [0.05, 0.1) is 42.0 Å². The fraction of sp³-hybridized carbons (Fsp3) is 0.481. The van der Waals surface area contributed by atoms with E-state index in [9.17, 15) is 29.2 Å². The van der Waals surface area contributed by atoms with Gasteiger partial charge >= 0.3 is 5.97 Å². The number of cyclic esters (lactones) is 1. The third kappa shape index (κ3) is 10.0. The van der Waals surface area contributed by atoms with Crippen LogP contribution >= 0.6 is 0 Å². The van der Waals surface area contributed by atoms with E-state index in [4.69, 9.17) is 14.5 Å². The van der Waals surface area contributed by atoms with E-state index in [0.717, 1.165) is 56.2 Å². The van der Waals surface area contributed by atoms with Gasteiger partial charge in [0.2, 0.25) is 17.7 Å². The number of rotatable bonds is 10. The molecule has 4 aromatic rings. The number of benzene rings is 2. The van der Waals surface area contributed by atoms with Crippen molar-refractivity contribution in [3.05, 3.63) is 90.3 Å². The molecule has 4 amide bonds. The van der Waals surface area contributed by atoms with Gasteiger partial charge in [-0.05, 0) is 91.6 Å². The first-order valence-corrected chi connectivity index (χ1v) is 23.3. The van der Waals surface area contributed by atoms with Gasteiger partial charge in [-0.25, -0.2) is 5.43 Å². The zero-order valence-electron chi connectivity index (χ0n) is 40.0. The molecule has 67 heavy (non-hydrogen) atoms. The molecule has 0 radical (unpaired) electrons. The van der Waals surface area contributed by atoms with Crippen molar-refractivity contribution >= 4 is 40.5 Å². The summed E-state index contributed by atoms with van der Waals surface area (Å²) in [5.74, 6) is -4.29. The standard InChI is InChI=1S/C52H64N8O7/c1-10-44(61)58-28-36(27-53)40(29-58)49(63)57(8)46(31(3)4)48(62)55-42-24-33-15-12-16-34(23-33)35-19-20-43-38(25-35)39(47(59(43)11-2)37-17-13-21-54-45(37)32(5)66-9)26-52(6,7)30-67-51(65)41-18-14-22-60(56-41)50(42)64/h10,12-13,15-17,19-21,23,25,31-32,36,40-42,46,56H,1,11,14,18,22,24,26,28-30H2,2-9H3,(H,55,62)/t32-,36-,40+,41-,42-,46?/m0/s1. The number of hydrazine groups is 1. The van der Waals surface area contributed by atoms with Gasteiger partial charge in [-0.1, -0.05) is 64.6 Å². The zero-order chi connectivity index (χ0) is 48.3. The van der Waals surface area contributed by atoms with Crippen molar-refractivity contribution in [2.75, 3.05) is 40.4 Å². The second-order valence-electron chi connectivity index (χ2n) is 19.3. The monoisotopic (exact) mass is 912 g/mol. The number of nitrogens with zero attached hydrogens (tertiary/aromatic N) is 6. The Labute approximate surface area is 393 Å². The molecule has 2 saturated heterocycles. The van der Waals surface area contributed by atoms with E-state index >= 15 is 0 Å². The maximum absolute atomic E-state index is 14.7. The average molecular weight is 913 g/mol. The van der Waals surface area contributed by atoms with E-state index in [1.807, 2.05) is 51.1 Å². The van der Waals surface area contributed by atoms with Crippen LogP contribution in [0.4, 0.5) is 0 Å². The zero-order valence-corrected chi connectivity index (χ0v) is 40.0. The number of nitriles is 1. The van der Waals surface area contributed by atoms with Gasteiger partial charge in [-0.3, -0.25) is 34.0 Å². The second kappa shape index (κ2) is 20.2. The third-order valence-corrected chi connectivity index (χ3v) is 13.6. The van der Waals surface area contributed by atoms with Crippen LogP contribution in [-0.2, 0) is 52.8 Å². The van der Waals surface area contributed by atoms with E-state index in [0.29, 0.717) is 32.4 Å². The first kappa shape index (κ1) is 48.6. The van der Waals surface area contributed by atoms with Gasteiger partial charge in [0.25, 0.3) is 5.91 Å². The Kier molecular flexibility index (Phi) is 14.7. The summed E-state index contributed by atoms with van der Waals surface area (Å²) in [7, 11) is 3.20. The molecule has 5 heterocycles. The lowest BCUT2D eigenvalue weighted by atomic mass is 9.84. The van der Waals surface area contributed by atoms with E-state index in [2.05, 4.69) is 73.0 Å². The number of likely N-dealkylation sites (tertiary alicyclic amines) is 1. The minimum Gasteiger partial charge on any atom is -0.464 e. The summed E-state index contributed by atoms with van der Waals surface area (Å²) in [4.78, 5) is 77.4. The van der Waals surface area contributed by atoms with Gasteiger partial charge < -0.3 is 29.2 Å². The minimum atomic E-state index is -1.11. The Bertz CT molecular complexity index is 2600. The molecule has 2 aromatic heterocycles. The van der Waals surface area contributed by atoms with Gasteiger partial charge in [0.15, 0.2) is 0 Å². The molecule has 3 aliphatic heterocycles. The Balaban J connectivity index is 1.29. The fourth-order valence-electron chi connectivity index (χ4n) is 10.1. The van der Waals surface area contributed by atoms with Gasteiger partial charge in [-0.15, -0.1) is 0 Å². The topological polar surface area (TPSA) is 179 Å². The molecule has 2 N–H and O–H groups in total. The number of carbonyl (C=O) groups excluding carboxylic acids is 5. The van der Waals surface area contributed by atoms with Gasteiger partial charge in [0, 0.05) is 74.8 Å². The van der Waals surface area contributed by atoms with Crippen LogP contribution in [0.5, 0.6) is 0 Å². The Hall–Kier alpha value is -6.37. The highest BCUT2D eigenvalue weighted by Gasteiger charge is 2.44. The number of aromatic nitrogens is 2. The molecule has 3 aliphatic rings. The predicted molar refractivity (Wildman–Crippen MR) is 254 cm³/mol. The van der Waals surface area contributed by atoms with Crippen molar-refractivity contribution in [2.24, 2.45) is 23.2 Å². The highest BCUT2D eigenvalue weighted by molar-refractivity contribution is 5.96. The summed E-state index contributed by atoms with van der Waals surface area (Å²) < 4.78 is 14.3. The fourth-order valence-corrected chi connectivity index (χ4v) is 10.1. The van der Waals surface area contributed by atoms with Crippen LogP contribution < -0.4 is 10.7 Å². The number of pyridine rings is 1. The summed E-state index contributed by atoms with van der Waals surface area (Å²) in [5.41, 5.74) is 10.3. The molecule has 0 aliphatic carbocycles. The van der Waals surface area contributed by atoms with E-state index in [-0.39, 0.29) is 38.1 Å². The number of methoxy groups -OCH3 is 1. The predicted octanol–water partition coefficient (Wildman–Crippen LogP) is 6.01. The Morgan fingerprint density at radius 2 is 1.87 bits per heavy atom. The molecular weight excluding hydrogens is 849 g/mol. The van der Waals surface area contributed by atoms with Crippen LogP contribution in [0.25, 0.3) is 33.3 Å². The lowest BCUT2D eigenvalue weighted by molar-refractivity contribution is -0.155. The number of hydrogen-bond donors (Lipinski definition) is 2. The molecule has 7 rings (SSSR count). The summed E-state index contributed by atoms with van der Waals surface area (Å²) in [6.45, 7) is 16.7. The van der Waals surface area contributed by atoms with Gasteiger partial charge in [0.1, 0.15) is 18.1 Å². The molecule has 354 valence electrons. The molecular formula is C52H64N8O7. The van der Waals surface area contributed by atoms with Crippen LogP contribution in [0.3, 0.4) is 0 Å².